The number of fused-ring (bicyclic) bond motifs is 1. The fourth-order valence-corrected chi connectivity index (χ4v) is 3.72. The third-order valence-corrected chi connectivity index (χ3v) is 5.14. The summed E-state index contributed by atoms with van der Waals surface area (Å²) in [4.78, 5) is 16.2. The number of hydrogen-bond donors (Lipinski definition) is 3. The standard InChI is InChI=1S/C23H28N2O2/c1-14-5-7-18(8-6-14)21(9-10-26)25-22(27)13-19-17(4)24-23-16(3)11-15(2)12-20(19)23/h5-8,11-12,21,24,26H,9-10,13H2,1-4H3,(H,25,27). The van der Waals surface area contributed by atoms with Gasteiger partial charge < -0.3 is 15.4 Å². The predicted molar refractivity (Wildman–Crippen MR) is 110 cm³/mol. The zero-order valence-corrected chi connectivity index (χ0v) is 16.5. The lowest BCUT2D eigenvalue weighted by atomic mass is 10.0. The maximum Gasteiger partial charge on any atom is 0.224 e. The van der Waals surface area contributed by atoms with Gasteiger partial charge in [0.25, 0.3) is 0 Å². The first kappa shape index (κ1) is 19.2. The highest BCUT2D eigenvalue weighted by Gasteiger charge is 2.18. The van der Waals surface area contributed by atoms with Gasteiger partial charge in [-0.05, 0) is 56.9 Å². The molecule has 0 spiro atoms. The van der Waals surface area contributed by atoms with Crippen molar-refractivity contribution in [3.8, 4) is 0 Å². The van der Waals surface area contributed by atoms with Gasteiger partial charge in [-0.3, -0.25) is 4.79 Å². The number of aromatic nitrogens is 1. The molecule has 4 heteroatoms. The average Bonchev–Trinajstić information content (AvgIpc) is 2.92. The molecule has 1 amide bonds. The second kappa shape index (κ2) is 7.97. The van der Waals surface area contributed by atoms with Crippen LogP contribution in [0.3, 0.4) is 0 Å². The van der Waals surface area contributed by atoms with Crippen LogP contribution in [0.25, 0.3) is 10.9 Å². The summed E-state index contributed by atoms with van der Waals surface area (Å²) in [5.41, 5.74) is 7.75. The van der Waals surface area contributed by atoms with Crippen molar-refractivity contribution in [2.45, 2.75) is 46.6 Å². The highest BCUT2D eigenvalue weighted by Crippen LogP contribution is 2.27. The molecule has 3 aromatic rings. The van der Waals surface area contributed by atoms with Crippen LogP contribution < -0.4 is 5.32 Å². The number of aromatic amines is 1. The van der Waals surface area contributed by atoms with E-state index in [4.69, 9.17) is 0 Å². The number of nitrogens with one attached hydrogen (secondary N) is 2. The fourth-order valence-electron chi connectivity index (χ4n) is 3.72. The second-order valence-corrected chi connectivity index (χ2v) is 7.45. The molecule has 0 saturated heterocycles. The van der Waals surface area contributed by atoms with E-state index >= 15 is 0 Å². The number of benzene rings is 2. The molecule has 1 heterocycles. The molecular formula is C23H28N2O2. The Balaban J connectivity index is 1.83. The van der Waals surface area contributed by atoms with E-state index in [9.17, 15) is 9.90 Å². The van der Waals surface area contributed by atoms with Gasteiger partial charge in [0.05, 0.1) is 12.5 Å². The minimum absolute atomic E-state index is 0.0304. The molecule has 4 nitrogen and oxygen atoms in total. The molecule has 3 rings (SSSR count). The van der Waals surface area contributed by atoms with E-state index in [-0.39, 0.29) is 18.6 Å². The van der Waals surface area contributed by atoms with Gasteiger partial charge in [0, 0.05) is 23.2 Å². The predicted octanol–water partition coefficient (Wildman–Crippen LogP) is 4.18. The van der Waals surface area contributed by atoms with Crippen LogP contribution in [0.2, 0.25) is 0 Å². The van der Waals surface area contributed by atoms with E-state index in [0.717, 1.165) is 27.7 Å². The second-order valence-electron chi connectivity index (χ2n) is 7.45. The number of aryl methyl sites for hydroxylation is 4. The number of carbonyl (C=O) groups is 1. The minimum atomic E-state index is -0.183. The number of aliphatic hydroxyl groups excluding tert-OH is 1. The Kier molecular flexibility index (Phi) is 5.66. The van der Waals surface area contributed by atoms with Gasteiger partial charge in [-0.1, -0.05) is 41.5 Å². The van der Waals surface area contributed by atoms with Crippen molar-refractivity contribution in [3.63, 3.8) is 0 Å². The van der Waals surface area contributed by atoms with Gasteiger partial charge in [-0.2, -0.15) is 0 Å². The molecule has 1 aromatic heterocycles. The molecule has 0 saturated carbocycles. The number of amides is 1. The van der Waals surface area contributed by atoms with Gasteiger partial charge in [0.1, 0.15) is 0 Å². The van der Waals surface area contributed by atoms with E-state index in [1.807, 2.05) is 38.1 Å². The van der Waals surface area contributed by atoms with Crippen LogP contribution >= 0.6 is 0 Å². The third kappa shape index (κ3) is 4.22. The van der Waals surface area contributed by atoms with Crippen molar-refractivity contribution in [2.24, 2.45) is 0 Å². The van der Waals surface area contributed by atoms with Crippen molar-refractivity contribution in [2.75, 3.05) is 6.61 Å². The van der Waals surface area contributed by atoms with Crippen molar-refractivity contribution in [1.29, 1.82) is 0 Å². The van der Waals surface area contributed by atoms with Crippen molar-refractivity contribution in [3.05, 3.63) is 69.9 Å². The van der Waals surface area contributed by atoms with E-state index in [1.54, 1.807) is 0 Å². The maximum absolute atomic E-state index is 12.8. The maximum atomic E-state index is 12.8. The minimum Gasteiger partial charge on any atom is -0.396 e. The monoisotopic (exact) mass is 364 g/mol. The van der Waals surface area contributed by atoms with Gasteiger partial charge in [0.15, 0.2) is 0 Å². The molecule has 2 aromatic carbocycles. The molecule has 1 atom stereocenters. The zero-order chi connectivity index (χ0) is 19.6. The lowest BCUT2D eigenvalue weighted by Crippen LogP contribution is -2.30. The van der Waals surface area contributed by atoms with Gasteiger partial charge >= 0.3 is 0 Å². The van der Waals surface area contributed by atoms with Crippen LogP contribution in [0.4, 0.5) is 0 Å². The van der Waals surface area contributed by atoms with Crippen LogP contribution in [0.1, 0.15) is 46.0 Å². The largest absolute Gasteiger partial charge is 0.396 e. The Morgan fingerprint density at radius 3 is 2.44 bits per heavy atom. The topological polar surface area (TPSA) is 65.1 Å². The number of rotatable bonds is 6. The summed E-state index contributed by atoms with van der Waals surface area (Å²) in [6.45, 7) is 8.25. The van der Waals surface area contributed by atoms with E-state index in [0.29, 0.717) is 12.8 Å². The summed E-state index contributed by atoms with van der Waals surface area (Å²) in [5, 5.41) is 13.6. The normalized spacial score (nSPS) is 12.3. The summed E-state index contributed by atoms with van der Waals surface area (Å²) < 4.78 is 0. The van der Waals surface area contributed by atoms with Crippen molar-refractivity contribution in [1.82, 2.24) is 10.3 Å². The first-order chi connectivity index (χ1) is 12.9. The Labute approximate surface area is 160 Å². The summed E-state index contributed by atoms with van der Waals surface area (Å²) in [6, 6.07) is 12.2. The van der Waals surface area contributed by atoms with Crippen molar-refractivity contribution < 1.29 is 9.90 Å². The molecular weight excluding hydrogens is 336 g/mol. The Morgan fingerprint density at radius 2 is 1.78 bits per heavy atom. The molecule has 0 aliphatic rings. The third-order valence-electron chi connectivity index (χ3n) is 5.14. The van der Waals surface area contributed by atoms with Crippen LogP contribution in [0.5, 0.6) is 0 Å². The Hall–Kier alpha value is -2.59. The van der Waals surface area contributed by atoms with Crippen LogP contribution in [0.15, 0.2) is 36.4 Å². The molecule has 3 N–H and O–H groups in total. The van der Waals surface area contributed by atoms with Gasteiger partial charge in [-0.15, -0.1) is 0 Å². The smallest absolute Gasteiger partial charge is 0.224 e. The van der Waals surface area contributed by atoms with Gasteiger partial charge in [0.2, 0.25) is 5.91 Å². The summed E-state index contributed by atoms with van der Waals surface area (Å²) in [5.74, 6) is -0.0304. The highest BCUT2D eigenvalue weighted by molar-refractivity contribution is 5.92. The van der Waals surface area contributed by atoms with Crippen LogP contribution in [-0.2, 0) is 11.2 Å². The molecule has 0 aliphatic carbocycles. The summed E-state index contributed by atoms with van der Waals surface area (Å²) in [7, 11) is 0. The SMILES string of the molecule is Cc1ccc(C(CCO)NC(=O)Cc2c(C)[nH]c3c(C)cc(C)cc23)cc1. The lowest BCUT2D eigenvalue weighted by Gasteiger charge is -2.19. The average molecular weight is 364 g/mol. The Bertz CT molecular complexity index is 955. The number of hydrogen-bond acceptors (Lipinski definition) is 2. The van der Waals surface area contributed by atoms with E-state index in [1.165, 1.54) is 16.7 Å². The molecule has 27 heavy (non-hydrogen) atoms. The first-order valence-electron chi connectivity index (χ1n) is 9.44. The van der Waals surface area contributed by atoms with Crippen LogP contribution in [-0.4, -0.2) is 22.6 Å². The number of H-pyrrole nitrogens is 1. The summed E-state index contributed by atoms with van der Waals surface area (Å²) >= 11 is 0. The van der Waals surface area contributed by atoms with Gasteiger partial charge in [-0.25, -0.2) is 0 Å². The highest BCUT2D eigenvalue weighted by atomic mass is 16.3. The van der Waals surface area contributed by atoms with E-state index < -0.39 is 0 Å². The number of aliphatic hydroxyl groups is 1. The van der Waals surface area contributed by atoms with E-state index in [2.05, 4.69) is 36.3 Å². The van der Waals surface area contributed by atoms with Crippen molar-refractivity contribution >= 4 is 16.8 Å². The lowest BCUT2D eigenvalue weighted by molar-refractivity contribution is -0.121. The number of carbonyl (C=O) groups excluding carboxylic acids is 1. The zero-order valence-electron chi connectivity index (χ0n) is 16.5. The molecule has 0 fully saturated rings. The Morgan fingerprint density at radius 1 is 1.07 bits per heavy atom. The molecule has 0 bridgehead atoms. The molecule has 1 unspecified atom stereocenters. The molecule has 142 valence electrons. The fraction of sp³-hybridized carbons (Fsp3) is 0.348. The first-order valence-corrected chi connectivity index (χ1v) is 9.44. The molecule has 0 radical (unpaired) electrons. The quantitative estimate of drug-likeness (QED) is 0.614. The summed E-state index contributed by atoms with van der Waals surface area (Å²) in [6.07, 6.45) is 0.822. The van der Waals surface area contributed by atoms with Crippen LogP contribution in [0, 0.1) is 27.7 Å². The molecule has 0 aliphatic heterocycles.